The Balaban J connectivity index is 1.69. The molecule has 1 atom stereocenters. The van der Waals surface area contributed by atoms with Crippen LogP contribution in [-0.2, 0) is 4.79 Å². The van der Waals surface area contributed by atoms with Gasteiger partial charge in [-0.25, -0.2) is 0 Å². The third-order valence-electron chi connectivity index (χ3n) is 4.13. The lowest BCUT2D eigenvalue weighted by atomic mass is 10.2. The number of thiophene rings is 1. The molecule has 0 spiro atoms. The predicted molar refractivity (Wildman–Crippen MR) is 97.7 cm³/mol. The monoisotopic (exact) mass is 368 g/mol. The minimum atomic E-state index is -0.0807. The summed E-state index contributed by atoms with van der Waals surface area (Å²) >= 11 is 14.2. The van der Waals surface area contributed by atoms with Crippen LogP contribution in [0.25, 0.3) is 0 Å². The quantitative estimate of drug-likeness (QED) is 0.810. The van der Waals surface area contributed by atoms with Crippen LogP contribution < -0.4 is 5.32 Å². The normalized spacial score (nSPS) is 18.3. The van der Waals surface area contributed by atoms with Crippen molar-refractivity contribution in [2.45, 2.75) is 25.8 Å². The number of amides is 1. The molecule has 1 aromatic carbocycles. The van der Waals surface area contributed by atoms with E-state index in [-0.39, 0.29) is 5.91 Å². The molecule has 1 aliphatic rings. The molecule has 1 amide bonds. The number of hydrogen-bond acceptors (Lipinski definition) is 3. The molecule has 3 nitrogen and oxygen atoms in total. The molecule has 1 saturated heterocycles. The van der Waals surface area contributed by atoms with Crippen LogP contribution in [0, 0.1) is 6.92 Å². The van der Waals surface area contributed by atoms with Crippen molar-refractivity contribution < 1.29 is 4.79 Å². The van der Waals surface area contributed by atoms with Gasteiger partial charge in [0.05, 0.1) is 22.3 Å². The van der Waals surface area contributed by atoms with Crippen LogP contribution >= 0.6 is 34.5 Å². The zero-order chi connectivity index (χ0) is 16.4. The van der Waals surface area contributed by atoms with E-state index in [1.54, 1.807) is 17.4 Å². The van der Waals surface area contributed by atoms with Gasteiger partial charge in [0, 0.05) is 10.9 Å². The lowest BCUT2D eigenvalue weighted by Gasteiger charge is -2.23. The van der Waals surface area contributed by atoms with Crippen molar-refractivity contribution in [2.75, 3.05) is 18.4 Å². The second kappa shape index (κ2) is 7.22. The van der Waals surface area contributed by atoms with Crippen LogP contribution in [0.4, 0.5) is 5.69 Å². The van der Waals surface area contributed by atoms with Gasteiger partial charge in [-0.1, -0.05) is 35.3 Å². The van der Waals surface area contributed by atoms with E-state index in [0.717, 1.165) is 24.9 Å². The van der Waals surface area contributed by atoms with Gasteiger partial charge in [0.25, 0.3) is 0 Å². The third kappa shape index (κ3) is 3.72. The summed E-state index contributed by atoms with van der Waals surface area (Å²) in [5, 5.41) is 5.92. The van der Waals surface area contributed by atoms with Crippen LogP contribution in [0.1, 0.15) is 29.3 Å². The highest BCUT2D eigenvalue weighted by atomic mass is 35.5. The van der Waals surface area contributed by atoms with E-state index >= 15 is 0 Å². The van der Waals surface area contributed by atoms with E-state index in [9.17, 15) is 4.79 Å². The zero-order valence-corrected chi connectivity index (χ0v) is 15.1. The number of anilines is 1. The molecule has 1 aromatic heterocycles. The summed E-state index contributed by atoms with van der Waals surface area (Å²) in [6.45, 7) is 3.18. The average Bonchev–Trinajstić information content (AvgIpc) is 3.18. The van der Waals surface area contributed by atoms with E-state index in [1.165, 1.54) is 4.88 Å². The maximum atomic E-state index is 12.4. The second-order valence-electron chi connectivity index (χ2n) is 5.75. The van der Waals surface area contributed by atoms with Crippen LogP contribution in [0.2, 0.25) is 10.0 Å². The second-order valence-corrected chi connectivity index (χ2v) is 7.51. The average molecular weight is 369 g/mol. The number of likely N-dealkylation sites (tertiary alicyclic amines) is 1. The minimum Gasteiger partial charge on any atom is -0.322 e. The van der Waals surface area contributed by atoms with Crippen molar-refractivity contribution in [3.05, 3.63) is 50.1 Å². The molecule has 0 aliphatic carbocycles. The number of rotatable bonds is 4. The van der Waals surface area contributed by atoms with Crippen LogP contribution in [0.3, 0.4) is 0 Å². The standard InChI is InChI=1S/C17H18Cl2N2OS/c1-11-6-7-12(18)17(16(11)19)20-15(22)10-21-8-2-4-13(21)14-5-3-9-23-14/h3,5-7,9,13H,2,4,8,10H2,1H3,(H,20,22)/t13-/m0/s1. The summed E-state index contributed by atoms with van der Waals surface area (Å²) in [6, 6.07) is 8.13. The van der Waals surface area contributed by atoms with E-state index in [4.69, 9.17) is 23.2 Å². The maximum Gasteiger partial charge on any atom is 0.238 e. The van der Waals surface area contributed by atoms with E-state index in [2.05, 4.69) is 27.7 Å². The van der Waals surface area contributed by atoms with Gasteiger partial charge in [0.15, 0.2) is 0 Å². The first-order valence-electron chi connectivity index (χ1n) is 7.58. The fourth-order valence-electron chi connectivity index (χ4n) is 2.95. The van der Waals surface area contributed by atoms with Crippen LogP contribution in [-0.4, -0.2) is 23.9 Å². The highest BCUT2D eigenvalue weighted by molar-refractivity contribution is 7.10. The number of carbonyl (C=O) groups is 1. The van der Waals surface area contributed by atoms with Gasteiger partial charge >= 0.3 is 0 Å². The Bertz CT molecular complexity index is 703. The number of carbonyl (C=O) groups excluding carboxylic acids is 1. The fourth-order valence-corrected chi connectivity index (χ4v) is 4.31. The molecule has 23 heavy (non-hydrogen) atoms. The first kappa shape index (κ1) is 16.8. The van der Waals surface area contributed by atoms with E-state index in [0.29, 0.717) is 28.3 Å². The van der Waals surface area contributed by atoms with Gasteiger partial charge < -0.3 is 5.32 Å². The highest BCUT2D eigenvalue weighted by Gasteiger charge is 2.28. The number of nitrogens with zero attached hydrogens (tertiary/aromatic N) is 1. The molecule has 6 heteroatoms. The number of aryl methyl sites for hydroxylation is 1. The lowest BCUT2D eigenvalue weighted by Crippen LogP contribution is -2.32. The molecule has 0 radical (unpaired) electrons. The topological polar surface area (TPSA) is 32.3 Å². The van der Waals surface area contributed by atoms with Crippen molar-refractivity contribution in [2.24, 2.45) is 0 Å². The number of hydrogen-bond donors (Lipinski definition) is 1. The summed E-state index contributed by atoms with van der Waals surface area (Å²) in [7, 11) is 0. The SMILES string of the molecule is Cc1ccc(Cl)c(NC(=O)CN2CCC[C@H]2c2cccs2)c1Cl. The summed E-state index contributed by atoms with van der Waals surface area (Å²) in [5.74, 6) is -0.0807. The molecular formula is C17H18Cl2N2OS. The molecule has 3 rings (SSSR count). The van der Waals surface area contributed by atoms with Crippen molar-refractivity contribution in [3.8, 4) is 0 Å². The van der Waals surface area contributed by atoms with E-state index < -0.39 is 0 Å². The summed E-state index contributed by atoms with van der Waals surface area (Å²) in [4.78, 5) is 16.0. The molecule has 0 saturated carbocycles. The smallest absolute Gasteiger partial charge is 0.238 e. The molecule has 2 aromatic rings. The molecular weight excluding hydrogens is 351 g/mol. The van der Waals surface area contributed by atoms with Gasteiger partial charge in [-0.05, 0) is 49.4 Å². The van der Waals surface area contributed by atoms with Crippen molar-refractivity contribution in [1.82, 2.24) is 4.90 Å². The highest BCUT2D eigenvalue weighted by Crippen LogP contribution is 2.35. The Morgan fingerprint density at radius 3 is 2.96 bits per heavy atom. The van der Waals surface area contributed by atoms with Crippen molar-refractivity contribution >= 4 is 46.1 Å². The summed E-state index contributed by atoms with van der Waals surface area (Å²) in [6.07, 6.45) is 2.21. The number of halogens is 2. The Hall–Kier alpha value is -1.07. The molecule has 122 valence electrons. The van der Waals surface area contributed by atoms with E-state index in [1.807, 2.05) is 13.0 Å². The van der Waals surface area contributed by atoms with Crippen molar-refractivity contribution in [1.29, 1.82) is 0 Å². The molecule has 2 heterocycles. The van der Waals surface area contributed by atoms with Gasteiger partial charge in [-0.3, -0.25) is 9.69 Å². The first-order chi connectivity index (χ1) is 11.1. The first-order valence-corrected chi connectivity index (χ1v) is 9.21. The predicted octanol–water partition coefficient (Wildman–Crippen LogP) is 5.14. The van der Waals surface area contributed by atoms with Crippen molar-refractivity contribution in [3.63, 3.8) is 0 Å². The molecule has 1 N–H and O–H groups in total. The Labute approximate surface area is 150 Å². The Morgan fingerprint density at radius 2 is 2.22 bits per heavy atom. The zero-order valence-electron chi connectivity index (χ0n) is 12.8. The number of nitrogens with one attached hydrogen (secondary N) is 1. The Kier molecular flexibility index (Phi) is 5.27. The van der Waals surface area contributed by atoms with Gasteiger partial charge in [-0.15, -0.1) is 11.3 Å². The van der Waals surface area contributed by atoms with Crippen LogP contribution in [0.5, 0.6) is 0 Å². The molecule has 1 fully saturated rings. The molecule has 0 unspecified atom stereocenters. The number of benzene rings is 1. The third-order valence-corrected chi connectivity index (χ3v) is 5.91. The van der Waals surface area contributed by atoms with Gasteiger partial charge in [0.2, 0.25) is 5.91 Å². The largest absolute Gasteiger partial charge is 0.322 e. The molecule has 0 bridgehead atoms. The van der Waals surface area contributed by atoms with Gasteiger partial charge in [-0.2, -0.15) is 0 Å². The summed E-state index contributed by atoms with van der Waals surface area (Å²) < 4.78 is 0. The molecule has 1 aliphatic heterocycles. The minimum absolute atomic E-state index is 0.0807. The van der Waals surface area contributed by atoms with Gasteiger partial charge in [0.1, 0.15) is 0 Å². The maximum absolute atomic E-state index is 12.4. The summed E-state index contributed by atoms with van der Waals surface area (Å²) in [5.41, 5.74) is 1.40. The lowest BCUT2D eigenvalue weighted by molar-refractivity contribution is -0.117. The Morgan fingerprint density at radius 1 is 1.39 bits per heavy atom. The van der Waals surface area contributed by atoms with Crippen LogP contribution in [0.15, 0.2) is 29.6 Å². The fraction of sp³-hybridized carbons (Fsp3) is 0.353.